The van der Waals surface area contributed by atoms with E-state index in [-0.39, 0.29) is 6.03 Å². The second-order valence-electron chi connectivity index (χ2n) is 5.62. The van der Waals surface area contributed by atoms with Crippen LogP contribution in [0.3, 0.4) is 0 Å². The first kappa shape index (κ1) is 13.7. The summed E-state index contributed by atoms with van der Waals surface area (Å²) in [7, 11) is 0. The highest BCUT2D eigenvalue weighted by Gasteiger charge is 2.27. The average Bonchev–Trinajstić information content (AvgIpc) is 2.47. The van der Waals surface area contributed by atoms with Gasteiger partial charge in [-0.25, -0.2) is 4.79 Å². The molecular weight excluding hydrogens is 260 g/mol. The molecule has 0 aliphatic carbocycles. The van der Waals surface area contributed by atoms with Crippen molar-refractivity contribution in [2.75, 3.05) is 22.9 Å². The number of nitrogens with zero attached hydrogens (tertiary/aromatic N) is 2. The number of aryl methyl sites for hydroxylation is 2. The molecule has 0 radical (unpaired) electrons. The Morgan fingerprint density at radius 2 is 1.29 bits per heavy atom. The molecule has 0 spiro atoms. The van der Waals surface area contributed by atoms with Crippen molar-refractivity contribution in [2.45, 2.75) is 20.3 Å². The van der Waals surface area contributed by atoms with Gasteiger partial charge < -0.3 is 0 Å². The van der Waals surface area contributed by atoms with Crippen molar-refractivity contribution >= 4 is 17.4 Å². The fourth-order valence-corrected chi connectivity index (χ4v) is 2.79. The van der Waals surface area contributed by atoms with E-state index in [4.69, 9.17) is 0 Å². The second-order valence-corrected chi connectivity index (χ2v) is 5.62. The molecule has 0 atom stereocenters. The van der Waals surface area contributed by atoms with Crippen molar-refractivity contribution in [3.8, 4) is 0 Å². The van der Waals surface area contributed by atoms with E-state index >= 15 is 0 Å². The van der Waals surface area contributed by atoms with Crippen LogP contribution in [0, 0.1) is 13.8 Å². The Labute approximate surface area is 125 Å². The Kier molecular flexibility index (Phi) is 3.65. The van der Waals surface area contributed by atoms with E-state index in [2.05, 4.69) is 38.1 Å². The minimum absolute atomic E-state index is 0.0671. The number of amides is 2. The van der Waals surface area contributed by atoms with E-state index in [9.17, 15) is 4.79 Å². The maximum Gasteiger partial charge on any atom is 0.328 e. The molecule has 1 saturated heterocycles. The van der Waals surface area contributed by atoms with Gasteiger partial charge in [-0.2, -0.15) is 0 Å². The van der Waals surface area contributed by atoms with Crippen molar-refractivity contribution in [3.63, 3.8) is 0 Å². The highest BCUT2D eigenvalue weighted by Crippen LogP contribution is 2.25. The first-order valence-electron chi connectivity index (χ1n) is 7.37. The molecule has 0 aromatic heterocycles. The number of hydrogen-bond acceptors (Lipinski definition) is 1. The van der Waals surface area contributed by atoms with Gasteiger partial charge in [0.1, 0.15) is 0 Å². The highest BCUT2D eigenvalue weighted by molar-refractivity contribution is 6.04. The lowest BCUT2D eigenvalue weighted by Gasteiger charge is -2.35. The highest BCUT2D eigenvalue weighted by atomic mass is 16.2. The number of benzene rings is 2. The lowest BCUT2D eigenvalue weighted by atomic mass is 10.1. The van der Waals surface area contributed by atoms with Crippen molar-refractivity contribution in [1.29, 1.82) is 0 Å². The molecule has 21 heavy (non-hydrogen) atoms. The predicted molar refractivity (Wildman–Crippen MR) is 87.1 cm³/mol. The smallest absolute Gasteiger partial charge is 0.294 e. The molecule has 0 saturated carbocycles. The third kappa shape index (κ3) is 2.77. The fraction of sp³-hybridized carbons (Fsp3) is 0.278. The summed E-state index contributed by atoms with van der Waals surface area (Å²) in [6.07, 6.45) is 0.980. The van der Waals surface area contributed by atoms with Crippen molar-refractivity contribution in [2.24, 2.45) is 0 Å². The van der Waals surface area contributed by atoms with Crippen LogP contribution in [0.25, 0.3) is 0 Å². The maximum absolute atomic E-state index is 12.8. The molecular formula is C18H20N2O. The molecule has 3 nitrogen and oxygen atoms in total. The molecule has 0 bridgehead atoms. The zero-order valence-electron chi connectivity index (χ0n) is 12.5. The number of anilines is 2. The third-order valence-corrected chi connectivity index (χ3v) is 3.85. The molecule has 0 unspecified atom stereocenters. The van der Waals surface area contributed by atoms with Gasteiger partial charge in [0.15, 0.2) is 0 Å². The van der Waals surface area contributed by atoms with Gasteiger partial charge in [0, 0.05) is 24.5 Å². The number of urea groups is 1. The van der Waals surface area contributed by atoms with E-state index in [1.54, 1.807) is 0 Å². The molecule has 1 aliphatic heterocycles. The number of hydrogen-bond donors (Lipinski definition) is 0. The van der Waals surface area contributed by atoms with Gasteiger partial charge >= 0.3 is 6.03 Å². The SMILES string of the molecule is Cc1cccc(N2CCCN(c3cccc(C)c3)C2=O)c1. The quantitative estimate of drug-likeness (QED) is 0.811. The summed E-state index contributed by atoms with van der Waals surface area (Å²) in [4.78, 5) is 16.5. The zero-order chi connectivity index (χ0) is 14.8. The maximum atomic E-state index is 12.8. The van der Waals surface area contributed by atoms with Crippen LogP contribution in [0.15, 0.2) is 48.5 Å². The molecule has 3 heteroatoms. The Morgan fingerprint density at radius 3 is 1.71 bits per heavy atom. The molecule has 1 aliphatic rings. The molecule has 0 N–H and O–H groups in total. The van der Waals surface area contributed by atoms with Gasteiger partial charge in [0.05, 0.1) is 0 Å². The predicted octanol–water partition coefficient (Wildman–Crippen LogP) is 4.14. The van der Waals surface area contributed by atoms with Gasteiger partial charge in [0.25, 0.3) is 0 Å². The zero-order valence-corrected chi connectivity index (χ0v) is 12.5. The van der Waals surface area contributed by atoms with E-state index in [1.807, 2.05) is 34.1 Å². The number of carbonyl (C=O) groups is 1. The van der Waals surface area contributed by atoms with Gasteiger partial charge in [-0.05, 0) is 55.7 Å². The van der Waals surface area contributed by atoms with Crippen molar-refractivity contribution in [3.05, 3.63) is 59.7 Å². The fourth-order valence-electron chi connectivity index (χ4n) is 2.79. The Morgan fingerprint density at radius 1 is 0.810 bits per heavy atom. The van der Waals surface area contributed by atoms with E-state index < -0.39 is 0 Å². The summed E-state index contributed by atoms with van der Waals surface area (Å²) in [5.41, 5.74) is 4.32. The van der Waals surface area contributed by atoms with E-state index in [0.717, 1.165) is 30.9 Å². The minimum atomic E-state index is 0.0671. The molecule has 108 valence electrons. The van der Waals surface area contributed by atoms with Crippen molar-refractivity contribution in [1.82, 2.24) is 0 Å². The van der Waals surface area contributed by atoms with Crippen LogP contribution in [-0.4, -0.2) is 19.1 Å². The third-order valence-electron chi connectivity index (χ3n) is 3.85. The van der Waals surface area contributed by atoms with Gasteiger partial charge in [0.2, 0.25) is 0 Å². The second kappa shape index (κ2) is 5.60. The first-order valence-corrected chi connectivity index (χ1v) is 7.37. The number of carbonyl (C=O) groups excluding carboxylic acids is 1. The lowest BCUT2D eigenvalue weighted by molar-refractivity contribution is 0.248. The molecule has 1 fully saturated rings. The largest absolute Gasteiger partial charge is 0.328 e. The summed E-state index contributed by atoms with van der Waals surface area (Å²) in [5.74, 6) is 0. The van der Waals surface area contributed by atoms with E-state index in [1.165, 1.54) is 11.1 Å². The molecule has 1 heterocycles. The van der Waals surface area contributed by atoms with Gasteiger partial charge in [-0.1, -0.05) is 24.3 Å². The Balaban J connectivity index is 1.90. The molecule has 2 aromatic rings. The van der Waals surface area contributed by atoms with Crippen LogP contribution in [0.4, 0.5) is 16.2 Å². The summed E-state index contributed by atoms with van der Waals surface area (Å²) in [6.45, 7) is 5.67. The van der Waals surface area contributed by atoms with Crippen LogP contribution in [0.5, 0.6) is 0 Å². The Hall–Kier alpha value is -2.29. The van der Waals surface area contributed by atoms with Crippen LogP contribution in [0.2, 0.25) is 0 Å². The first-order chi connectivity index (χ1) is 10.1. The topological polar surface area (TPSA) is 23.6 Å². The Bertz CT molecular complexity index is 610. The average molecular weight is 280 g/mol. The molecule has 2 amide bonds. The summed E-state index contributed by atoms with van der Waals surface area (Å²) >= 11 is 0. The van der Waals surface area contributed by atoms with Crippen LogP contribution >= 0.6 is 0 Å². The monoisotopic (exact) mass is 280 g/mol. The van der Waals surface area contributed by atoms with Crippen LogP contribution in [-0.2, 0) is 0 Å². The standard InChI is InChI=1S/C18H20N2O/c1-14-6-3-8-16(12-14)19-10-5-11-20(18(19)21)17-9-4-7-15(2)13-17/h3-4,6-9,12-13H,5,10-11H2,1-2H3. The van der Waals surface area contributed by atoms with Gasteiger partial charge in [-0.15, -0.1) is 0 Å². The number of rotatable bonds is 2. The summed E-state index contributed by atoms with van der Waals surface area (Å²) in [5, 5.41) is 0. The van der Waals surface area contributed by atoms with Gasteiger partial charge in [-0.3, -0.25) is 9.80 Å². The summed E-state index contributed by atoms with van der Waals surface area (Å²) < 4.78 is 0. The minimum Gasteiger partial charge on any atom is -0.294 e. The molecule has 3 rings (SSSR count). The van der Waals surface area contributed by atoms with Crippen molar-refractivity contribution < 1.29 is 4.79 Å². The summed E-state index contributed by atoms with van der Waals surface area (Å²) in [6, 6.07) is 16.3. The lowest BCUT2D eigenvalue weighted by Crippen LogP contribution is -2.49. The normalized spacial score (nSPS) is 15.4. The van der Waals surface area contributed by atoms with E-state index in [0.29, 0.717) is 0 Å². The van der Waals surface area contributed by atoms with Crippen LogP contribution in [0.1, 0.15) is 17.5 Å². The molecule has 2 aromatic carbocycles. The van der Waals surface area contributed by atoms with Crippen LogP contribution < -0.4 is 9.80 Å².